The van der Waals surface area contributed by atoms with Crippen LogP contribution in [0.1, 0.15) is 36.5 Å². The lowest BCUT2D eigenvalue weighted by Gasteiger charge is -2.17. The van der Waals surface area contributed by atoms with Gasteiger partial charge in [0.25, 0.3) is 5.91 Å². The van der Waals surface area contributed by atoms with Crippen molar-refractivity contribution in [3.63, 3.8) is 0 Å². The van der Waals surface area contributed by atoms with E-state index in [0.717, 1.165) is 28.8 Å². The fourth-order valence-electron chi connectivity index (χ4n) is 3.70. The number of benzene rings is 3. The minimum atomic E-state index is -0.854. The van der Waals surface area contributed by atoms with E-state index in [1.54, 1.807) is 62.6 Å². The molecule has 3 aromatic rings. The van der Waals surface area contributed by atoms with Gasteiger partial charge in [-0.05, 0) is 100 Å². The number of hydrogen-bond acceptors (Lipinski definition) is 5. The molecule has 0 saturated heterocycles. The zero-order chi connectivity index (χ0) is 34.5. The largest absolute Gasteiger partial charge is 0.497 e. The van der Waals surface area contributed by atoms with E-state index in [-0.39, 0.29) is 23.3 Å². The highest BCUT2D eigenvalue weighted by Gasteiger charge is 2.17. The molecule has 0 heterocycles. The molecule has 3 aromatic carbocycles. The average Bonchev–Trinajstić information content (AvgIpc) is 3.07. The lowest BCUT2D eigenvalue weighted by Crippen LogP contribution is -2.28. The molecule has 0 atom stereocenters. The first-order chi connectivity index (χ1) is 22.1. The number of halogens is 1. The Morgan fingerprint density at radius 1 is 0.913 bits per heavy atom. The van der Waals surface area contributed by atoms with Crippen LogP contribution in [0.3, 0.4) is 0 Å². The summed E-state index contributed by atoms with van der Waals surface area (Å²) in [5.41, 5.74) is 5.89. The molecule has 0 unspecified atom stereocenters. The number of nitrogens with zero attached hydrogens (tertiary/aromatic N) is 1. The Morgan fingerprint density at radius 3 is 2.15 bits per heavy atom. The number of allylic oxidation sites excluding steroid dienone is 3. The number of methoxy groups -OCH3 is 1. The molecule has 0 aliphatic carbocycles. The van der Waals surface area contributed by atoms with E-state index in [4.69, 9.17) is 9.84 Å². The monoisotopic (exact) mass is 630 g/mol. The van der Waals surface area contributed by atoms with Crippen molar-refractivity contribution in [3.05, 3.63) is 133 Å². The summed E-state index contributed by atoms with van der Waals surface area (Å²) in [5, 5.41) is 17.5. The van der Waals surface area contributed by atoms with Gasteiger partial charge in [0.2, 0.25) is 0 Å². The molecule has 9 heteroatoms. The maximum atomic E-state index is 14.4. The smallest absolute Gasteiger partial charge is 0.354 e. The molecule has 0 spiro atoms. The zero-order valence-electron chi connectivity index (χ0n) is 27.5. The molecular weight excluding hydrogens is 583 g/mol. The summed E-state index contributed by atoms with van der Waals surface area (Å²) in [6, 6.07) is 18.9. The number of anilines is 4. The first kappa shape index (κ1) is 38.9. The number of ether oxygens (including phenoxy) is 1. The number of aliphatic hydroxyl groups excluding tert-OH is 1. The van der Waals surface area contributed by atoms with Gasteiger partial charge in [0.1, 0.15) is 5.76 Å². The van der Waals surface area contributed by atoms with E-state index in [2.05, 4.69) is 35.7 Å². The van der Waals surface area contributed by atoms with Gasteiger partial charge >= 0.3 is 6.03 Å². The first-order valence-corrected chi connectivity index (χ1v) is 14.8. The van der Waals surface area contributed by atoms with Crippen molar-refractivity contribution in [3.8, 4) is 0 Å². The van der Waals surface area contributed by atoms with Gasteiger partial charge in [0, 0.05) is 24.4 Å². The molecule has 46 heavy (non-hydrogen) atoms. The highest BCUT2D eigenvalue weighted by atomic mass is 19.2. The minimum Gasteiger partial charge on any atom is -0.497 e. The summed E-state index contributed by atoms with van der Waals surface area (Å²) < 4.78 is 19.4. The van der Waals surface area contributed by atoms with Gasteiger partial charge in [-0.3, -0.25) is 4.79 Å². The lowest BCUT2D eigenvalue weighted by atomic mass is 10.1. The Hall–Kier alpha value is -5.15. The summed E-state index contributed by atoms with van der Waals surface area (Å²) in [6.07, 6.45) is 6.49. The second kappa shape index (κ2) is 21.5. The number of aryl methyl sites for hydroxylation is 3. The molecule has 0 aliphatic heterocycles. The number of nitrogens with one attached hydrogen (secondary N) is 3. The Balaban J connectivity index is 0.000000452. The van der Waals surface area contributed by atoms with Crippen molar-refractivity contribution in [2.45, 2.75) is 40.5 Å². The van der Waals surface area contributed by atoms with Gasteiger partial charge in [-0.2, -0.15) is 0 Å². The predicted octanol–water partition coefficient (Wildman–Crippen LogP) is 8.81. The zero-order valence-corrected chi connectivity index (χ0v) is 27.5. The summed E-state index contributed by atoms with van der Waals surface area (Å²) in [6.45, 7) is 18.0. The molecule has 0 aliphatic rings. The lowest BCUT2D eigenvalue weighted by molar-refractivity contribution is -0.112. The number of carbonyl (C=O) groups is 2. The van der Waals surface area contributed by atoms with E-state index in [0.29, 0.717) is 35.7 Å². The molecular formula is C37H47FN4O4. The van der Waals surface area contributed by atoms with Crippen LogP contribution in [0.5, 0.6) is 0 Å². The minimum absolute atomic E-state index is 0.106. The third-order valence-electron chi connectivity index (χ3n) is 6.57. The van der Waals surface area contributed by atoms with Gasteiger partial charge in [-0.25, -0.2) is 4.79 Å². The van der Waals surface area contributed by atoms with E-state index < -0.39 is 6.03 Å². The topological polar surface area (TPSA) is 103 Å². The van der Waals surface area contributed by atoms with Crippen LogP contribution in [0.15, 0.2) is 116 Å². The number of amides is 3. The maximum Gasteiger partial charge on any atom is 0.354 e. The Kier molecular flexibility index (Phi) is 18.2. The van der Waals surface area contributed by atoms with Crippen molar-refractivity contribution < 1.29 is 23.9 Å². The van der Waals surface area contributed by atoms with Gasteiger partial charge in [-0.1, -0.05) is 53.0 Å². The summed E-state index contributed by atoms with van der Waals surface area (Å²) >= 11 is 0. The summed E-state index contributed by atoms with van der Waals surface area (Å²) in [7, 11) is 1.56. The highest BCUT2D eigenvalue weighted by molar-refractivity contribution is 6.03. The normalized spacial score (nSPS) is 10.7. The Morgan fingerprint density at radius 2 is 1.57 bits per heavy atom. The molecule has 3 rings (SSSR count). The molecule has 4 N–H and O–H groups in total. The maximum absolute atomic E-state index is 14.4. The fourth-order valence-corrected chi connectivity index (χ4v) is 3.70. The molecule has 0 bridgehead atoms. The summed E-state index contributed by atoms with van der Waals surface area (Å²) in [5.74, 6) is 0.474. The van der Waals surface area contributed by atoms with E-state index in [1.165, 1.54) is 0 Å². The van der Waals surface area contributed by atoms with Crippen LogP contribution < -0.4 is 21.1 Å². The quantitative estimate of drug-likeness (QED) is 0.0400. The molecule has 246 valence electrons. The van der Waals surface area contributed by atoms with E-state index in [9.17, 15) is 14.1 Å². The van der Waals surface area contributed by atoms with Crippen LogP contribution in [0, 0.1) is 20.8 Å². The van der Waals surface area contributed by atoms with Crippen LogP contribution in [-0.2, 0) is 9.53 Å². The average molecular weight is 631 g/mol. The van der Waals surface area contributed by atoms with Crippen molar-refractivity contribution in [1.82, 2.24) is 0 Å². The highest BCUT2D eigenvalue weighted by Crippen LogP contribution is 2.24. The number of para-hydroxylation sites is 2. The van der Waals surface area contributed by atoms with Crippen LogP contribution >= 0.6 is 0 Å². The molecule has 0 radical (unpaired) electrons. The fraction of sp³-hybridized carbons (Fsp3) is 0.243. The molecule has 8 nitrogen and oxygen atoms in total. The van der Waals surface area contributed by atoms with Crippen LogP contribution in [0.2, 0.25) is 0 Å². The third-order valence-corrected chi connectivity index (χ3v) is 6.57. The van der Waals surface area contributed by atoms with Crippen molar-refractivity contribution in [2.75, 3.05) is 41.3 Å². The first-order valence-electron chi connectivity index (χ1n) is 14.8. The van der Waals surface area contributed by atoms with Crippen molar-refractivity contribution in [2.24, 2.45) is 0 Å². The standard InChI is InChI=1S/C19H24FN3O2.C16H19NO2.C2H4/c1-14-9-10-16(13-15(14)2)23(20)19(25)22-18-8-4-3-7-17(18)21-11-5-6-12-24;1-5-15(19-4)11-8-13(3)16(18)17-14-9-6-12(2)7-10-14;1-2/h3-4,7-10,13,21,24H,5-6,11-12H2,1-2H3,(H,22,25);5-11H,1H2,2-4H3,(H,17,18);1-2H2/b;13-8+,15-11+;. The van der Waals surface area contributed by atoms with Crippen LogP contribution in [0.4, 0.5) is 32.0 Å². The van der Waals surface area contributed by atoms with Crippen LogP contribution in [-0.4, -0.2) is 37.3 Å². The summed E-state index contributed by atoms with van der Waals surface area (Å²) in [4.78, 5) is 24.1. The number of urea groups is 1. The number of carbonyl (C=O) groups excluding carboxylic acids is 2. The SMILES string of the molecule is C=C.C=C/C(=C\C=C(/C)C(=O)Nc1ccc(C)cc1)OC.Cc1ccc(N(F)C(=O)Nc2ccccc2NCCCCO)cc1C. The Labute approximate surface area is 272 Å². The molecule has 0 saturated carbocycles. The van der Waals surface area contributed by atoms with Gasteiger partial charge in [-0.15, -0.1) is 18.3 Å². The third kappa shape index (κ3) is 13.7. The van der Waals surface area contributed by atoms with Crippen molar-refractivity contribution >= 4 is 34.7 Å². The van der Waals surface area contributed by atoms with E-state index >= 15 is 0 Å². The number of aliphatic hydroxyl groups is 1. The predicted molar refractivity (Wildman–Crippen MR) is 190 cm³/mol. The number of hydrogen-bond donors (Lipinski definition) is 4. The Bertz CT molecular complexity index is 1470. The van der Waals surface area contributed by atoms with Gasteiger partial charge in [0.15, 0.2) is 0 Å². The van der Waals surface area contributed by atoms with Crippen molar-refractivity contribution in [1.29, 1.82) is 0 Å². The molecule has 0 fully saturated rings. The van der Waals surface area contributed by atoms with E-state index in [1.807, 2.05) is 57.2 Å². The van der Waals surface area contributed by atoms with Gasteiger partial charge in [0.05, 0.1) is 24.2 Å². The number of unbranched alkanes of at least 4 members (excludes halogenated alkanes) is 1. The van der Waals surface area contributed by atoms with Crippen LogP contribution in [0.25, 0.3) is 0 Å². The van der Waals surface area contributed by atoms with Gasteiger partial charge < -0.3 is 25.8 Å². The number of rotatable bonds is 12. The second-order valence-corrected chi connectivity index (χ2v) is 10.0. The molecule has 3 amide bonds. The molecule has 0 aromatic heterocycles. The second-order valence-electron chi connectivity index (χ2n) is 10.0.